The van der Waals surface area contributed by atoms with E-state index in [1.54, 1.807) is 7.11 Å². The monoisotopic (exact) mass is 297 g/mol. The summed E-state index contributed by atoms with van der Waals surface area (Å²) in [6, 6.07) is 17.2. The molecule has 0 bridgehead atoms. The molecule has 1 heterocycles. The minimum Gasteiger partial charge on any atom is -0.497 e. The van der Waals surface area contributed by atoms with Gasteiger partial charge in [-0.25, -0.2) is 0 Å². The summed E-state index contributed by atoms with van der Waals surface area (Å²) in [5.41, 5.74) is 2.69. The summed E-state index contributed by atoms with van der Waals surface area (Å²) >= 11 is 2.03. The molecule has 0 spiro atoms. The summed E-state index contributed by atoms with van der Waals surface area (Å²) in [4.78, 5) is 1.36. The van der Waals surface area contributed by atoms with E-state index in [0.29, 0.717) is 5.92 Å². The van der Waals surface area contributed by atoms with Crippen LogP contribution in [0.25, 0.3) is 0 Å². The van der Waals surface area contributed by atoms with E-state index in [1.165, 1.54) is 29.0 Å². The molecule has 0 aromatic heterocycles. The van der Waals surface area contributed by atoms with Crippen molar-refractivity contribution in [3.63, 3.8) is 0 Å². The number of anilines is 1. The third-order valence-electron chi connectivity index (χ3n) is 4.79. The van der Waals surface area contributed by atoms with Gasteiger partial charge in [0.05, 0.1) is 11.9 Å². The highest BCUT2D eigenvalue weighted by Crippen LogP contribution is 2.62. The van der Waals surface area contributed by atoms with E-state index < -0.39 is 0 Å². The van der Waals surface area contributed by atoms with Gasteiger partial charge in [0, 0.05) is 17.1 Å². The van der Waals surface area contributed by atoms with Crippen molar-refractivity contribution >= 4 is 17.4 Å². The van der Waals surface area contributed by atoms with E-state index in [2.05, 4.69) is 47.8 Å². The van der Waals surface area contributed by atoms with Crippen molar-refractivity contribution in [1.82, 2.24) is 0 Å². The number of ether oxygens (including phenoxy) is 1. The highest BCUT2D eigenvalue weighted by molar-refractivity contribution is 8.00. The molecule has 2 aliphatic rings. The number of benzene rings is 2. The maximum Gasteiger partial charge on any atom is 0.119 e. The third kappa shape index (κ3) is 2.03. The molecule has 2 nitrogen and oxygen atoms in total. The Morgan fingerprint density at radius 1 is 1.19 bits per heavy atom. The number of fused-ring (bicyclic) bond motifs is 3. The van der Waals surface area contributed by atoms with Crippen LogP contribution in [0.2, 0.25) is 0 Å². The number of rotatable bonds is 3. The lowest BCUT2D eigenvalue weighted by Crippen LogP contribution is -2.48. The minimum atomic E-state index is 0.219. The Bertz CT molecular complexity index is 658. The first kappa shape index (κ1) is 13.1. The number of hydrogen-bond donors (Lipinski definition) is 1. The number of methoxy groups -OCH3 is 1. The molecular weight excluding hydrogens is 278 g/mol. The Labute approximate surface area is 129 Å². The lowest BCUT2D eigenvalue weighted by atomic mass is 9.66. The highest BCUT2D eigenvalue weighted by atomic mass is 32.2. The minimum absolute atomic E-state index is 0.219. The number of nitrogens with one attached hydrogen (secondary N) is 1. The molecule has 108 valence electrons. The molecule has 3 heteroatoms. The van der Waals surface area contributed by atoms with Crippen molar-refractivity contribution in [2.24, 2.45) is 5.92 Å². The van der Waals surface area contributed by atoms with Crippen molar-refractivity contribution in [3.05, 3.63) is 54.1 Å². The van der Waals surface area contributed by atoms with Crippen LogP contribution in [0.4, 0.5) is 5.69 Å². The van der Waals surface area contributed by atoms with Crippen molar-refractivity contribution in [1.29, 1.82) is 0 Å². The lowest BCUT2D eigenvalue weighted by Gasteiger charge is -2.53. The zero-order chi connectivity index (χ0) is 14.3. The highest BCUT2D eigenvalue weighted by Gasteiger charge is 2.52. The summed E-state index contributed by atoms with van der Waals surface area (Å²) in [5.74, 6) is 1.67. The van der Waals surface area contributed by atoms with Gasteiger partial charge >= 0.3 is 0 Å². The van der Waals surface area contributed by atoms with Gasteiger partial charge in [0.2, 0.25) is 0 Å². The molecule has 1 fully saturated rings. The van der Waals surface area contributed by atoms with Crippen molar-refractivity contribution < 1.29 is 4.74 Å². The van der Waals surface area contributed by atoms with E-state index >= 15 is 0 Å². The first-order valence-corrected chi connectivity index (χ1v) is 8.30. The van der Waals surface area contributed by atoms with Crippen LogP contribution in [0.5, 0.6) is 5.75 Å². The van der Waals surface area contributed by atoms with Gasteiger partial charge in [-0.05, 0) is 54.7 Å². The molecule has 1 aliphatic carbocycles. The van der Waals surface area contributed by atoms with Crippen LogP contribution in [0.3, 0.4) is 0 Å². The molecule has 2 aromatic rings. The van der Waals surface area contributed by atoms with Crippen molar-refractivity contribution in [3.8, 4) is 5.75 Å². The van der Waals surface area contributed by atoms with Crippen LogP contribution in [0.1, 0.15) is 18.4 Å². The molecule has 1 N–H and O–H groups in total. The number of hydrogen-bond acceptors (Lipinski definition) is 3. The average Bonchev–Trinajstić information content (AvgIpc) is 2.52. The predicted molar refractivity (Wildman–Crippen MR) is 88.2 cm³/mol. The summed E-state index contributed by atoms with van der Waals surface area (Å²) in [6.07, 6.45) is 2.56. The topological polar surface area (TPSA) is 21.3 Å². The molecule has 4 rings (SSSR count). The second-order valence-electron chi connectivity index (χ2n) is 5.83. The second-order valence-corrected chi connectivity index (χ2v) is 7.24. The first-order valence-electron chi connectivity index (χ1n) is 7.48. The normalized spacial score (nSPS) is 26.0. The van der Waals surface area contributed by atoms with Gasteiger partial charge in [-0.1, -0.05) is 18.2 Å². The van der Waals surface area contributed by atoms with Crippen LogP contribution in [-0.4, -0.2) is 13.7 Å². The molecule has 0 amide bonds. The zero-order valence-electron chi connectivity index (χ0n) is 12.1. The molecule has 0 saturated heterocycles. The van der Waals surface area contributed by atoms with Crippen LogP contribution in [0, 0.1) is 5.92 Å². The first-order chi connectivity index (χ1) is 10.3. The van der Waals surface area contributed by atoms with Gasteiger partial charge in [-0.15, -0.1) is 11.8 Å². The third-order valence-corrected chi connectivity index (χ3v) is 6.42. The zero-order valence-corrected chi connectivity index (χ0v) is 13.0. The summed E-state index contributed by atoms with van der Waals surface area (Å²) in [5, 5.41) is 3.59. The fourth-order valence-corrected chi connectivity index (χ4v) is 5.09. The summed E-state index contributed by atoms with van der Waals surface area (Å²) < 4.78 is 5.66. The van der Waals surface area contributed by atoms with Gasteiger partial charge in [-0.2, -0.15) is 0 Å². The predicted octanol–water partition coefficient (Wildman–Crippen LogP) is 4.52. The van der Waals surface area contributed by atoms with E-state index in [1.807, 2.05) is 17.8 Å². The Kier molecular flexibility index (Phi) is 3.11. The largest absolute Gasteiger partial charge is 0.497 e. The maximum atomic E-state index is 5.45. The smallest absolute Gasteiger partial charge is 0.119 e. The van der Waals surface area contributed by atoms with Gasteiger partial charge in [0.25, 0.3) is 0 Å². The van der Waals surface area contributed by atoms with Gasteiger partial charge < -0.3 is 10.1 Å². The van der Waals surface area contributed by atoms with E-state index in [9.17, 15) is 0 Å². The Balaban J connectivity index is 1.77. The fourth-order valence-electron chi connectivity index (χ4n) is 3.51. The fraction of sp³-hybridized carbons (Fsp3) is 0.333. The molecular formula is C18H19NOS. The van der Waals surface area contributed by atoms with Crippen LogP contribution in [-0.2, 0) is 4.75 Å². The van der Waals surface area contributed by atoms with Gasteiger partial charge in [0.1, 0.15) is 5.75 Å². The lowest BCUT2D eigenvalue weighted by molar-refractivity contribution is 0.224. The second kappa shape index (κ2) is 4.99. The Morgan fingerprint density at radius 2 is 2.05 bits per heavy atom. The molecule has 2 atom stereocenters. The Hall–Kier alpha value is -1.61. The molecule has 21 heavy (non-hydrogen) atoms. The molecule has 0 unspecified atom stereocenters. The number of thioether (sulfide) groups is 1. The summed E-state index contributed by atoms with van der Waals surface area (Å²) in [7, 11) is 1.74. The summed E-state index contributed by atoms with van der Waals surface area (Å²) in [6.45, 7) is 1.08. The molecule has 2 aromatic carbocycles. The van der Waals surface area contributed by atoms with Crippen LogP contribution in [0.15, 0.2) is 53.4 Å². The maximum absolute atomic E-state index is 5.45. The van der Waals surface area contributed by atoms with E-state index in [4.69, 9.17) is 4.74 Å². The average molecular weight is 297 g/mol. The molecule has 1 saturated carbocycles. The Morgan fingerprint density at radius 3 is 2.76 bits per heavy atom. The molecule has 0 radical (unpaired) electrons. The van der Waals surface area contributed by atoms with Gasteiger partial charge in [-0.3, -0.25) is 0 Å². The van der Waals surface area contributed by atoms with E-state index in [0.717, 1.165) is 12.3 Å². The molecule has 1 aliphatic heterocycles. The standard InChI is InChI=1S/C18H19NOS/c1-20-14-7-8-17-16(11-14)18(10-9-13(18)12-19-17)21-15-5-3-2-4-6-15/h2-8,11,13,19H,9-10,12H2,1H3/t13-,18+/m0/s1. The van der Waals surface area contributed by atoms with Crippen molar-refractivity contribution in [2.45, 2.75) is 22.5 Å². The van der Waals surface area contributed by atoms with Crippen molar-refractivity contribution in [2.75, 3.05) is 19.0 Å². The van der Waals surface area contributed by atoms with Crippen LogP contribution < -0.4 is 10.1 Å². The quantitative estimate of drug-likeness (QED) is 0.900. The van der Waals surface area contributed by atoms with E-state index in [-0.39, 0.29) is 4.75 Å². The SMILES string of the molecule is COc1ccc2c(c1)[C@@]1(Sc3ccccc3)CC[C@H]1CN2. The van der Waals surface area contributed by atoms with Crippen LogP contribution >= 0.6 is 11.8 Å². The van der Waals surface area contributed by atoms with Gasteiger partial charge in [0.15, 0.2) is 0 Å².